The number of rotatable bonds is 5. The van der Waals surface area contributed by atoms with Crippen LogP contribution in [-0.4, -0.2) is 49.4 Å². The van der Waals surface area contributed by atoms with Crippen molar-refractivity contribution in [3.8, 4) is 16.9 Å². The standard InChI is InChI=1S/C19H18F3N5O3/c1-11-3-5-12(6-4-11)15-7-14(17(29)23-9-16(28)19(20,21)22)18(30)27(25-15)13-8-24-26(2)10-13/h3-8,10,16,28H,9H2,1-2H3,(H,23,29)/t16-/m0/s1. The molecular formula is C19H18F3N5O3. The van der Waals surface area contributed by atoms with Gasteiger partial charge in [-0.1, -0.05) is 29.8 Å². The molecule has 0 aliphatic heterocycles. The number of halogens is 3. The molecule has 30 heavy (non-hydrogen) atoms. The number of carbonyl (C=O) groups excluding carboxylic acids is 1. The molecule has 3 rings (SSSR count). The number of aliphatic hydroxyl groups is 1. The SMILES string of the molecule is Cc1ccc(-c2cc(C(=O)NC[C@H](O)C(F)(F)F)c(=O)n(-c3cnn(C)c3)n2)cc1. The van der Waals surface area contributed by atoms with Crippen LogP contribution in [0.25, 0.3) is 16.9 Å². The molecule has 1 aromatic carbocycles. The summed E-state index contributed by atoms with van der Waals surface area (Å²) in [6.45, 7) is 0.801. The van der Waals surface area contributed by atoms with Crippen LogP contribution in [0.4, 0.5) is 13.2 Å². The highest BCUT2D eigenvalue weighted by Crippen LogP contribution is 2.20. The molecule has 8 nitrogen and oxygen atoms in total. The molecule has 0 unspecified atom stereocenters. The van der Waals surface area contributed by atoms with Crippen LogP contribution in [0.1, 0.15) is 15.9 Å². The largest absolute Gasteiger partial charge is 0.416 e. The lowest BCUT2D eigenvalue weighted by Crippen LogP contribution is -2.42. The third kappa shape index (κ3) is 4.57. The van der Waals surface area contributed by atoms with Gasteiger partial charge in [0.05, 0.1) is 24.6 Å². The molecule has 11 heteroatoms. The van der Waals surface area contributed by atoms with E-state index in [1.807, 2.05) is 24.4 Å². The molecule has 2 heterocycles. The Labute approximate surface area is 168 Å². The van der Waals surface area contributed by atoms with E-state index < -0.39 is 35.9 Å². The van der Waals surface area contributed by atoms with Crippen molar-refractivity contribution in [1.29, 1.82) is 0 Å². The number of carbonyl (C=O) groups is 1. The number of nitrogens with one attached hydrogen (secondary N) is 1. The Balaban J connectivity index is 2.05. The van der Waals surface area contributed by atoms with E-state index in [9.17, 15) is 22.8 Å². The van der Waals surface area contributed by atoms with Gasteiger partial charge >= 0.3 is 6.18 Å². The fraction of sp³-hybridized carbons (Fsp3) is 0.263. The third-order valence-corrected chi connectivity index (χ3v) is 4.27. The average molecular weight is 421 g/mol. The van der Waals surface area contributed by atoms with E-state index in [1.165, 1.54) is 23.1 Å². The van der Waals surface area contributed by atoms with Gasteiger partial charge in [0.1, 0.15) is 11.3 Å². The summed E-state index contributed by atoms with van der Waals surface area (Å²) in [5.74, 6) is -1.06. The van der Waals surface area contributed by atoms with E-state index in [0.29, 0.717) is 5.56 Å². The van der Waals surface area contributed by atoms with Crippen LogP contribution in [0.15, 0.2) is 47.5 Å². The molecule has 0 fully saturated rings. The number of aryl methyl sites for hydroxylation is 2. The van der Waals surface area contributed by atoms with Crippen molar-refractivity contribution >= 4 is 5.91 Å². The van der Waals surface area contributed by atoms with Gasteiger partial charge < -0.3 is 10.4 Å². The minimum Gasteiger partial charge on any atom is -0.382 e. The van der Waals surface area contributed by atoms with Crippen LogP contribution in [0.5, 0.6) is 0 Å². The van der Waals surface area contributed by atoms with E-state index in [4.69, 9.17) is 5.11 Å². The van der Waals surface area contributed by atoms with Crippen molar-refractivity contribution in [3.63, 3.8) is 0 Å². The summed E-state index contributed by atoms with van der Waals surface area (Å²) in [6, 6.07) is 8.32. The zero-order valence-electron chi connectivity index (χ0n) is 16.0. The maximum Gasteiger partial charge on any atom is 0.416 e. The van der Waals surface area contributed by atoms with E-state index in [1.54, 1.807) is 19.2 Å². The highest BCUT2D eigenvalue weighted by atomic mass is 19.4. The maximum atomic E-state index is 12.8. The molecule has 0 bridgehead atoms. The molecule has 0 spiro atoms. The summed E-state index contributed by atoms with van der Waals surface area (Å²) in [5.41, 5.74) is 0.874. The fourth-order valence-electron chi connectivity index (χ4n) is 2.62. The molecule has 3 aromatic rings. The smallest absolute Gasteiger partial charge is 0.382 e. The lowest BCUT2D eigenvalue weighted by atomic mass is 10.1. The topological polar surface area (TPSA) is 102 Å². The first-order valence-corrected chi connectivity index (χ1v) is 8.79. The van der Waals surface area contributed by atoms with Crippen LogP contribution >= 0.6 is 0 Å². The fourth-order valence-corrected chi connectivity index (χ4v) is 2.62. The second-order valence-corrected chi connectivity index (χ2v) is 6.67. The van der Waals surface area contributed by atoms with Gasteiger partial charge in [-0.3, -0.25) is 14.3 Å². The summed E-state index contributed by atoms with van der Waals surface area (Å²) < 4.78 is 39.9. The molecule has 0 saturated carbocycles. The summed E-state index contributed by atoms with van der Waals surface area (Å²) in [5, 5.41) is 19.3. The first kappa shape index (κ1) is 21.2. The van der Waals surface area contributed by atoms with E-state index >= 15 is 0 Å². The number of benzene rings is 1. The molecule has 0 radical (unpaired) electrons. The molecule has 1 atom stereocenters. The summed E-state index contributed by atoms with van der Waals surface area (Å²) in [4.78, 5) is 25.3. The number of amides is 1. The lowest BCUT2D eigenvalue weighted by molar-refractivity contribution is -0.201. The van der Waals surface area contributed by atoms with Gasteiger partial charge in [-0.05, 0) is 13.0 Å². The predicted molar refractivity (Wildman–Crippen MR) is 101 cm³/mol. The van der Waals surface area contributed by atoms with Gasteiger partial charge in [0.15, 0.2) is 6.10 Å². The summed E-state index contributed by atoms with van der Waals surface area (Å²) >= 11 is 0. The molecular weight excluding hydrogens is 403 g/mol. The van der Waals surface area contributed by atoms with Crippen molar-refractivity contribution in [2.45, 2.75) is 19.2 Å². The Morgan fingerprint density at radius 1 is 1.27 bits per heavy atom. The first-order chi connectivity index (χ1) is 14.1. The van der Waals surface area contributed by atoms with Gasteiger partial charge in [-0.25, -0.2) is 0 Å². The van der Waals surface area contributed by atoms with Crippen molar-refractivity contribution in [3.05, 3.63) is 64.2 Å². The third-order valence-electron chi connectivity index (χ3n) is 4.27. The second-order valence-electron chi connectivity index (χ2n) is 6.67. The van der Waals surface area contributed by atoms with Crippen molar-refractivity contribution < 1.29 is 23.1 Å². The number of aliphatic hydroxyl groups excluding tert-OH is 1. The van der Waals surface area contributed by atoms with Crippen LogP contribution < -0.4 is 10.9 Å². The van der Waals surface area contributed by atoms with Gasteiger partial charge in [-0.2, -0.15) is 28.1 Å². The van der Waals surface area contributed by atoms with Gasteiger partial charge in [0, 0.05) is 12.6 Å². The highest BCUT2D eigenvalue weighted by Gasteiger charge is 2.38. The normalized spacial score (nSPS) is 12.6. The monoisotopic (exact) mass is 421 g/mol. The molecule has 1 amide bonds. The first-order valence-electron chi connectivity index (χ1n) is 8.79. The van der Waals surface area contributed by atoms with E-state index in [2.05, 4.69) is 10.2 Å². The van der Waals surface area contributed by atoms with Crippen molar-refractivity contribution in [2.24, 2.45) is 7.05 Å². The Bertz CT molecular complexity index is 1120. The Hall–Kier alpha value is -3.47. The summed E-state index contributed by atoms with van der Waals surface area (Å²) in [6.07, 6.45) is -4.78. The number of aromatic nitrogens is 4. The quantitative estimate of drug-likeness (QED) is 0.652. The van der Waals surface area contributed by atoms with Crippen LogP contribution in [0.3, 0.4) is 0 Å². The van der Waals surface area contributed by atoms with E-state index in [0.717, 1.165) is 10.2 Å². The minimum absolute atomic E-state index is 0.264. The second kappa shape index (κ2) is 8.11. The Morgan fingerprint density at radius 3 is 2.50 bits per heavy atom. The molecule has 2 aromatic heterocycles. The van der Waals surface area contributed by atoms with Gasteiger partial charge in [0.2, 0.25) is 0 Å². The minimum atomic E-state index is -4.89. The van der Waals surface area contributed by atoms with Gasteiger partial charge in [0.25, 0.3) is 11.5 Å². The van der Waals surface area contributed by atoms with Crippen molar-refractivity contribution in [1.82, 2.24) is 24.9 Å². The zero-order valence-corrected chi connectivity index (χ0v) is 16.0. The Kier molecular flexibility index (Phi) is 5.74. The molecule has 0 saturated heterocycles. The number of hydrogen-bond acceptors (Lipinski definition) is 5. The molecule has 0 aliphatic carbocycles. The number of nitrogens with zero attached hydrogens (tertiary/aromatic N) is 4. The maximum absolute atomic E-state index is 12.8. The average Bonchev–Trinajstić information content (AvgIpc) is 3.12. The van der Waals surface area contributed by atoms with Crippen LogP contribution in [0.2, 0.25) is 0 Å². The van der Waals surface area contributed by atoms with Crippen LogP contribution in [-0.2, 0) is 7.05 Å². The molecule has 158 valence electrons. The highest BCUT2D eigenvalue weighted by molar-refractivity contribution is 5.94. The molecule has 0 aliphatic rings. The van der Waals surface area contributed by atoms with Gasteiger partial charge in [-0.15, -0.1) is 0 Å². The predicted octanol–water partition coefficient (Wildman–Crippen LogP) is 1.59. The number of alkyl halides is 3. The zero-order chi connectivity index (χ0) is 22.1. The van der Waals surface area contributed by atoms with E-state index in [-0.39, 0.29) is 11.4 Å². The van der Waals surface area contributed by atoms with Crippen LogP contribution in [0, 0.1) is 6.92 Å². The summed E-state index contributed by atoms with van der Waals surface area (Å²) in [7, 11) is 1.63. The Morgan fingerprint density at radius 2 is 1.93 bits per heavy atom. The lowest BCUT2D eigenvalue weighted by Gasteiger charge is -2.15. The van der Waals surface area contributed by atoms with Crippen molar-refractivity contribution in [2.75, 3.05) is 6.54 Å². The molecule has 2 N–H and O–H groups in total. The number of hydrogen-bond donors (Lipinski definition) is 2.